The summed E-state index contributed by atoms with van der Waals surface area (Å²) in [4.78, 5) is 27.4. The topological polar surface area (TPSA) is 80.2 Å². The molecule has 0 bridgehead atoms. The molecule has 1 amide bonds. The fraction of sp³-hybridized carbons (Fsp3) is 0.333. The van der Waals surface area contributed by atoms with E-state index in [2.05, 4.69) is 20.3 Å². The monoisotopic (exact) mass is 463 g/mol. The van der Waals surface area contributed by atoms with Crippen molar-refractivity contribution >= 4 is 22.9 Å². The van der Waals surface area contributed by atoms with Gasteiger partial charge in [-0.3, -0.25) is 4.79 Å². The number of nitrogens with zero attached hydrogens (tertiary/aromatic N) is 4. The summed E-state index contributed by atoms with van der Waals surface area (Å²) < 4.78 is 46.4. The Morgan fingerprint density at radius 3 is 2.62 bits per heavy atom. The predicted octanol–water partition coefficient (Wildman–Crippen LogP) is 3.69. The first-order valence-electron chi connectivity index (χ1n) is 9.89. The van der Waals surface area contributed by atoms with Crippen molar-refractivity contribution in [1.29, 1.82) is 0 Å². The lowest BCUT2D eigenvalue weighted by molar-refractivity contribution is -0.138. The summed E-state index contributed by atoms with van der Waals surface area (Å²) in [5, 5.41) is 3.06. The zero-order valence-electron chi connectivity index (χ0n) is 17.1. The van der Waals surface area contributed by atoms with Gasteiger partial charge in [0, 0.05) is 37.7 Å². The third-order valence-corrected chi connectivity index (χ3v) is 6.13. The second-order valence-corrected chi connectivity index (χ2v) is 8.13. The van der Waals surface area contributed by atoms with E-state index in [-0.39, 0.29) is 12.1 Å². The summed E-state index contributed by atoms with van der Waals surface area (Å²) in [6, 6.07) is 5.86. The van der Waals surface area contributed by atoms with Gasteiger partial charge in [0.2, 0.25) is 0 Å². The summed E-state index contributed by atoms with van der Waals surface area (Å²) in [7, 11) is 0. The summed E-state index contributed by atoms with van der Waals surface area (Å²) in [5.41, 5.74) is 0.188. The van der Waals surface area contributed by atoms with Gasteiger partial charge in [-0.2, -0.15) is 13.2 Å². The van der Waals surface area contributed by atoms with Crippen molar-refractivity contribution in [2.45, 2.75) is 19.6 Å². The van der Waals surface area contributed by atoms with Crippen LogP contribution < -0.4 is 10.2 Å². The molecular formula is C21H20F3N5O2S. The summed E-state index contributed by atoms with van der Waals surface area (Å²) in [6.45, 7) is 3.42. The normalized spacial score (nSPS) is 14.4. The maximum Gasteiger partial charge on any atom is 0.416 e. The Morgan fingerprint density at radius 1 is 1.22 bits per heavy atom. The molecule has 0 saturated carbocycles. The van der Waals surface area contributed by atoms with Crippen molar-refractivity contribution in [3.63, 3.8) is 0 Å². The number of amides is 1. The van der Waals surface area contributed by atoms with E-state index in [0.717, 1.165) is 17.4 Å². The number of ether oxygens (including phenoxy) is 1. The Balaban J connectivity index is 1.52. The average molecular weight is 463 g/mol. The van der Waals surface area contributed by atoms with Gasteiger partial charge in [0.25, 0.3) is 5.91 Å². The van der Waals surface area contributed by atoms with Crippen LogP contribution in [-0.2, 0) is 17.5 Å². The number of nitrogens with one attached hydrogen (secondary N) is 1. The van der Waals surface area contributed by atoms with Crippen molar-refractivity contribution in [2.24, 2.45) is 0 Å². The number of benzene rings is 1. The molecule has 32 heavy (non-hydrogen) atoms. The van der Waals surface area contributed by atoms with E-state index in [4.69, 9.17) is 4.74 Å². The molecule has 4 rings (SSSR count). The molecule has 0 radical (unpaired) electrons. The van der Waals surface area contributed by atoms with Gasteiger partial charge in [-0.25, -0.2) is 15.0 Å². The smallest absolute Gasteiger partial charge is 0.378 e. The molecular weight excluding hydrogens is 443 g/mol. The molecule has 3 heterocycles. The fourth-order valence-corrected chi connectivity index (χ4v) is 4.30. The molecule has 0 unspecified atom stereocenters. The maximum atomic E-state index is 13.7. The lowest BCUT2D eigenvalue weighted by Gasteiger charge is -2.29. The van der Waals surface area contributed by atoms with E-state index in [1.807, 2.05) is 4.90 Å². The number of aryl methyl sites for hydroxylation is 1. The van der Waals surface area contributed by atoms with Crippen LogP contribution >= 0.6 is 11.3 Å². The van der Waals surface area contributed by atoms with E-state index >= 15 is 0 Å². The summed E-state index contributed by atoms with van der Waals surface area (Å²) in [5.74, 6) is -0.106. The summed E-state index contributed by atoms with van der Waals surface area (Å²) >= 11 is 1.10. The highest BCUT2D eigenvalue weighted by Gasteiger charge is 2.34. The van der Waals surface area contributed by atoms with Crippen molar-refractivity contribution in [1.82, 2.24) is 20.3 Å². The van der Waals surface area contributed by atoms with Crippen LogP contribution in [0.25, 0.3) is 10.8 Å². The number of alkyl halides is 3. The van der Waals surface area contributed by atoms with Crippen LogP contribution in [-0.4, -0.2) is 47.2 Å². The number of aromatic nitrogens is 3. The number of morpholine rings is 1. The van der Waals surface area contributed by atoms with Crippen molar-refractivity contribution < 1.29 is 22.7 Å². The van der Waals surface area contributed by atoms with Crippen LogP contribution in [0.3, 0.4) is 0 Å². The Morgan fingerprint density at radius 2 is 1.94 bits per heavy atom. The minimum absolute atomic E-state index is 0.00311. The number of halogens is 3. The van der Waals surface area contributed by atoms with Crippen molar-refractivity contribution in [2.75, 3.05) is 31.2 Å². The quantitative estimate of drug-likeness (QED) is 0.622. The molecule has 1 fully saturated rings. The molecule has 1 saturated heterocycles. The van der Waals surface area contributed by atoms with Crippen LogP contribution in [0.5, 0.6) is 0 Å². The Kier molecular flexibility index (Phi) is 6.38. The standard InChI is InChI=1S/C21H20F3N5O2S/c1-13-17(32-20(28-13)18-25-5-2-6-26-18)19(30)27-12-14-3-4-15(11-16(14)21(22,23)24)29-7-9-31-10-8-29/h2-6,11H,7-10,12H2,1H3,(H,27,30). The minimum Gasteiger partial charge on any atom is -0.378 e. The van der Waals surface area contributed by atoms with Gasteiger partial charge < -0.3 is 15.0 Å². The van der Waals surface area contributed by atoms with Crippen LogP contribution in [0.15, 0.2) is 36.7 Å². The first-order valence-corrected chi connectivity index (χ1v) is 10.7. The molecule has 0 atom stereocenters. The fourth-order valence-electron chi connectivity index (χ4n) is 3.37. The number of hydrogen-bond donors (Lipinski definition) is 1. The van der Waals surface area contributed by atoms with Gasteiger partial charge in [0.1, 0.15) is 4.88 Å². The Hall–Kier alpha value is -3.05. The van der Waals surface area contributed by atoms with Crippen LogP contribution in [0.2, 0.25) is 0 Å². The van der Waals surface area contributed by atoms with Crippen LogP contribution in [0, 0.1) is 6.92 Å². The molecule has 1 aliphatic rings. The van der Waals surface area contributed by atoms with Gasteiger partial charge in [-0.15, -0.1) is 11.3 Å². The number of rotatable bonds is 5. The van der Waals surface area contributed by atoms with E-state index in [1.54, 1.807) is 31.5 Å². The predicted molar refractivity (Wildman–Crippen MR) is 114 cm³/mol. The molecule has 1 aromatic carbocycles. The second kappa shape index (κ2) is 9.21. The number of carbonyl (C=O) groups excluding carboxylic acids is 1. The number of hydrogen-bond acceptors (Lipinski definition) is 7. The molecule has 1 N–H and O–H groups in total. The van der Waals surface area contributed by atoms with Crippen LogP contribution in [0.4, 0.5) is 18.9 Å². The summed E-state index contributed by atoms with van der Waals surface area (Å²) in [6.07, 6.45) is -1.41. The first-order chi connectivity index (χ1) is 15.3. The van der Waals surface area contributed by atoms with E-state index in [9.17, 15) is 18.0 Å². The molecule has 0 aliphatic carbocycles. The number of thiazole rings is 1. The molecule has 2 aromatic heterocycles. The molecule has 3 aromatic rings. The number of anilines is 1. The third-order valence-electron chi connectivity index (χ3n) is 4.97. The maximum absolute atomic E-state index is 13.7. The lowest BCUT2D eigenvalue weighted by atomic mass is 10.0. The molecule has 7 nitrogen and oxygen atoms in total. The Bertz CT molecular complexity index is 1100. The molecule has 1 aliphatic heterocycles. The van der Waals surface area contributed by atoms with Crippen molar-refractivity contribution in [3.05, 3.63) is 58.4 Å². The zero-order chi connectivity index (χ0) is 22.7. The zero-order valence-corrected chi connectivity index (χ0v) is 18.0. The van der Waals surface area contributed by atoms with Gasteiger partial charge in [-0.1, -0.05) is 6.07 Å². The largest absolute Gasteiger partial charge is 0.416 e. The number of carbonyl (C=O) groups is 1. The van der Waals surface area contributed by atoms with Gasteiger partial charge >= 0.3 is 6.18 Å². The van der Waals surface area contributed by atoms with E-state index < -0.39 is 17.6 Å². The van der Waals surface area contributed by atoms with E-state index in [0.29, 0.717) is 53.4 Å². The Labute approximate surface area is 186 Å². The van der Waals surface area contributed by atoms with Gasteiger partial charge in [-0.05, 0) is 30.7 Å². The molecule has 11 heteroatoms. The lowest BCUT2D eigenvalue weighted by Crippen LogP contribution is -2.36. The highest BCUT2D eigenvalue weighted by atomic mass is 32.1. The third kappa shape index (κ3) is 4.89. The van der Waals surface area contributed by atoms with Gasteiger partial charge in [0.15, 0.2) is 10.8 Å². The van der Waals surface area contributed by atoms with Gasteiger partial charge in [0.05, 0.1) is 24.5 Å². The van der Waals surface area contributed by atoms with E-state index in [1.165, 1.54) is 6.07 Å². The minimum atomic E-state index is -4.54. The first kappa shape index (κ1) is 22.2. The van der Waals surface area contributed by atoms with Crippen LogP contribution in [0.1, 0.15) is 26.5 Å². The average Bonchev–Trinajstić information content (AvgIpc) is 3.19. The highest BCUT2D eigenvalue weighted by Crippen LogP contribution is 2.35. The SMILES string of the molecule is Cc1nc(-c2ncccn2)sc1C(=O)NCc1ccc(N2CCOCC2)cc1C(F)(F)F. The highest BCUT2D eigenvalue weighted by molar-refractivity contribution is 7.17. The second-order valence-electron chi connectivity index (χ2n) is 7.13. The van der Waals surface area contributed by atoms with Crippen molar-refractivity contribution in [3.8, 4) is 10.8 Å². The molecule has 168 valence electrons. The molecule has 0 spiro atoms.